The first-order chi connectivity index (χ1) is 13.2. The zero-order valence-electron chi connectivity index (χ0n) is 15.5. The molecule has 2 rings (SSSR count). The molecular weight excluding hydrogens is 441 g/mol. The summed E-state index contributed by atoms with van der Waals surface area (Å²) in [5, 5.41) is 10.3. The number of rotatable bonds is 5. The monoisotopic (exact) mass is 458 g/mol. The Kier molecular flexibility index (Phi) is 5.51. The van der Waals surface area contributed by atoms with Gasteiger partial charge in [0, 0.05) is 6.42 Å². The smallest absolute Gasteiger partial charge is 0.384 e. The Labute approximate surface area is 163 Å². The molecule has 0 aromatic heterocycles. The van der Waals surface area contributed by atoms with Gasteiger partial charge in [0.1, 0.15) is 0 Å². The maximum atomic E-state index is 14.9. The summed E-state index contributed by atoms with van der Waals surface area (Å²) < 4.78 is 152. The Balaban J connectivity index is 2.62. The Hall–Kier alpha value is -1.59. The van der Waals surface area contributed by atoms with Crippen LogP contribution in [0.25, 0.3) is 0 Å². The van der Waals surface area contributed by atoms with Crippen molar-refractivity contribution in [2.45, 2.75) is 74.0 Å². The molecule has 1 saturated carbocycles. The van der Waals surface area contributed by atoms with E-state index in [1.54, 1.807) is 6.92 Å². The van der Waals surface area contributed by atoms with E-state index in [0.717, 1.165) is 12.1 Å². The second-order valence-corrected chi connectivity index (χ2v) is 7.57. The van der Waals surface area contributed by atoms with Gasteiger partial charge in [0.2, 0.25) is 0 Å². The molecular formula is C18H17F11O. The number of halogens is 11. The van der Waals surface area contributed by atoms with Crippen LogP contribution in [0.15, 0.2) is 24.3 Å². The van der Waals surface area contributed by atoms with Gasteiger partial charge in [-0.2, -0.15) is 43.9 Å². The Morgan fingerprint density at radius 3 is 1.43 bits per heavy atom. The molecule has 12 heteroatoms. The van der Waals surface area contributed by atoms with Crippen molar-refractivity contribution in [1.82, 2.24) is 0 Å². The minimum atomic E-state index is -7.27. The summed E-state index contributed by atoms with van der Waals surface area (Å²) in [7, 11) is 0. The lowest BCUT2D eigenvalue weighted by molar-refractivity contribution is -0.488. The van der Waals surface area contributed by atoms with Crippen LogP contribution < -0.4 is 0 Å². The number of alkyl halides is 11. The first-order valence-corrected chi connectivity index (χ1v) is 8.64. The molecule has 1 unspecified atom stereocenters. The van der Waals surface area contributed by atoms with E-state index in [-0.39, 0.29) is 0 Å². The van der Waals surface area contributed by atoms with Crippen LogP contribution in [0.1, 0.15) is 37.8 Å². The first-order valence-electron chi connectivity index (χ1n) is 8.64. The minimum Gasteiger partial charge on any atom is -0.385 e. The zero-order chi connectivity index (χ0) is 23.6. The molecule has 1 atom stereocenters. The second kappa shape index (κ2) is 6.70. The highest BCUT2D eigenvalue weighted by Gasteiger charge is 3.01. The standard InChI is InChI=1S/C18H17F11O/c1-3-4-10-5-7-11(8-6-10)12(2,30)9-13(19)14(20,21)16(24,25)18(28,29)17(26,27)15(13,22)23/h5-8,30H,3-4,9H2,1-2H3. The molecule has 0 saturated heterocycles. The molecule has 1 aliphatic rings. The van der Waals surface area contributed by atoms with Crippen molar-refractivity contribution in [3.8, 4) is 0 Å². The van der Waals surface area contributed by atoms with Gasteiger partial charge in [0.15, 0.2) is 0 Å². The number of benzene rings is 1. The fourth-order valence-corrected chi connectivity index (χ4v) is 3.40. The van der Waals surface area contributed by atoms with Crippen LogP contribution in [-0.2, 0) is 12.0 Å². The van der Waals surface area contributed by atoms with Crippen LogP contribution in [0.5, 0.6) is 0 Å². The fourth-order valence-electron chi connectivity index (χ4n) is 3.40. The van der Waals surface area contributed by atoms with E-state index in [1.165, 1.54) is 12.1 Å². The predicted molar refractivity (Wildman–Crippen MR) is 83.2 cm³/mol. The van der Waals surface area contributed by atoms with Gasteiger partial charge in [0.25, 0.3) is 5.67 Å². The molecule has 1 aromatic carbocycles. The Morgan fingerprint density at radius 1 is 0.700 bits per heavy atom. The van der Waals surface area contributed by atoms with E-state index >= 15 is 0 Å². The molecule has 0 radical (unpaired) electrons. The van der Waals surface area contributed by atoms with E-state index in [1.807, 2.05) is 0 Å². The SMILES string of the molecule is CCCc1ccc(C(C)(O)CC2(F)C(F)(F)C(F)(F)C(F)(F)C(F)(F)C2(F)F)cc1. The maximum absolute atomic E-state index is 14.9. The van der Waals surface area contributed by atoms with Crippen LogP contribution in [-0.4, -0.2) is 40.4 Å². The largest absolute Gasteiger partial charge is 0.385 e. The van der Waals surface area contributed by atoms with Crippen molar-refractivity contribution in [3.05, 3.63) is 35.4 Å². The van der Waals surface area contributed by atoms with E-state index < -0.39 is 52.9 Å². The van der Waals surface area contributed by atoms with Crippen molar-refractivity contribution >= 4 is 0 Å². The molecule has 0 aliphatic heterocycles. The molecule has 0 bridgehead atoms. The van der Waals surface area contributed by atoms with E-state index in [9.17, 15) is 53.4 Å². The average Bonchev–Trinajstić information content (AvgIpc) is 2.60. The van der Waals surface area contributed by atoms with E-state index in [2.05, 4.69) is 0 Å². The molecule has 172 valence electrons. The lowest BCUT2D eigenvalue weighted by Gasteiger charge is -2.53. The lowest BCUT2D eigenvalue weighted by Crippen LogP contribution is -2.84. The molecule has 1 aromatic rings. The predicted octanol–water partition coefficient (Wildman–Crippen LogP) is 6.14. The van der Waals surface area contributed by atoms with Crippen molar-refractivity contribution in [2.75, 3.05) is 0 Å². The fraction of sp³-hybridized carbons (Fsp3) is 0.667. The van der Waals surface area contributed by atoms with Gasteiger partial charge in [-0.1, -0.05) is 37.6 Å². The molecule has 1 nitrogen and oxygen atoms in total. The molecule has 0 heterocycles. The number of hydrogen-bond donors (Lipinski definition) is 1. The first kappa shape index (κ1) is 24.7. The topological polar surface area (TPSA) is 20.2 Å². The van der Waals surface area contributed by atoms with Crippen molar-refractivity contribution < 1.29 is 53.4 Å². The van der Waals surface area contributed by atoms with Crippen LogP contribution in [0, 0.1) is 0 Å². The molecule has 0 spiro atoms. The van der Waals surface area contributed by atoms with Crippen molar-refractivity contribution in [3.63, 3.8) is 0 Å². The summed E-state index contributed by atoms with van der Waals surface area (Å²) in [6.45, 7) is 2.23. The van der Waals surface area contributed by atoms with Crippen molar-refractivity contribution in [1.29, 1.82) is 0 Å². The highest BCUT2D eigenvalue weighted by atomic mass is 19.4. The molecule has 0 amide bonds. The minimum absolute atomic E-state index is 0.443. The van der Waals surface area contributed by atoms with Crippen LogP contribution in [0.3, 0.4) is 0 Å². The summed E-state index contributed by atoms with van der Waals surface area (Å²) in [5.41, 5.74) is -9.27. The molecule has 1 fully saturated rings. The van der Waals surface area contributed by atoms with Gasteiger partial charge >= 0.3 is 29.6 Å². The molecule has 30 heavy (non-hydrogen) atoms. The normalized spacial score (nSPS) is 27.3. The Morgan fingerprint density at radius 2 is 1.07 bits per heavy atom. The number of aryl methyl sites for hydroxylation is 1. The third-order valence-corrected chi connectivity index (χ3v) is 5.28. The van der Waals surface area contributed by atoms with Gasteiger partial charge < -0.3 is 5.11 Å². The average molecular weight is 458 g/mol. The maximum Gasteiger partial charge on any atom is 0.384 e. The second-order valence-electron chi connectivity index (χ2n) is 7.57. The zero-order valence-corrected chi connectivity index (χ0v) is 15.5. The van der Waals surface area contributed by atoms with Gasteiger partial charge in [0.05, 0.1) is 5.60 Å². The summed E-state index contributed by atoms with van der Waals surface area (Å²) in [5.74, 6) is -35.5. The van der Waals surface area contributed by atoms with Gasteiger partial charge in [-0.25, -0.2) is 4.39 Å². The van der Waals surface area contributed by atoms with Crippen LogP contribution in [0.2, 0.25) is 0 Å². The van der Waals surface area contributed by atoms with Crippen LogP contribution in [0.4, 0.5) is 48.3 Å². The molecule has 1 N–H and O–H groups in total. The van der Waals surface area contributed by atoms with Crippen molar-refractivity contribution in [2.24, 2.45) is 0 Å². The van der Waals surface area contributed by atoms with Gasteiger partial charge in [-0.3, -0.25) is 0 Å². The highest BCUT2D eigenvalue weighted by molar-refractivity contribution is 5.31. The summed E-state index contributed by atoms with van der Waals surface area (Å²) in [6, 6.07) is 4.51. The van der Waals surface area contributed by atoms with Gasteiger partial charge in [-0.05, 0) is 24.5 Å². The molecule has 1 aliphatic carbocycles. The summed E-state index contributed by atoms with van der Waals surface area (Å²) >= 11 is 0. The number of aliphatic hydroxyl groups is 1. The van der Waals surface area contributed by atoms with E-state index in [4.69, 9.17) is 0 Å². The summed E-state index contributed by atoms with van der Waals surface area (Å²) in [6.07, 6.45) is -1.56. The van der Waals surface area contributed by atoms with Gasteiger partial charge in [-0.15, -0.1) is 0 Å². The third-order valence-electron chi connectivity index (χ3n) is 5.28. The third kappa shape index (κ3) is 2.85. The van der Waals surface area contributed by atoms with Crippen LogP contribution >= 0.6 is 0 Å². The Bertz CT molecular complexity index is 754. The lowest BCUT2D eigenvalue weighted by atomic mass is 9.67. The quantitative estimate of drug-likeness (QED) is 0.526. The number of hydrogen-bond acceptors (Lipinski definition) is 1. The van der Waals surface area contributed by atoms with E-state index in [0.29, 0.717) is 25.3 Å². The summed E-state index contributed by atoms with van der Waals surface area (Å²) in [4.78, 5) is 0. The highest BCUT2D eigenvalue weighted by Crippen LogP contribution is 2.71.